The average molecular weight is 242 g/mol. The van der Waals surface area contributed by atoms with E-state index < -0.39 is 34.7 Å². The molecule has 0 aliphatic carbocycles. The maximum atomic E-state index is 13.4. The first-order chi connectivity index (χ1) is 7.99. The minimum Gasteiger partial charge on any atom is -0.368 e. The number of hydrogen-bond acceptors (Lipinski definition) is 4. The highest BCUT2D eigenvalue weighted by Gasteiger charge is 2.16. The van der Waals surface area contributed by atoms with Gasteiger partial charge in [-0.25, -0.2) is 18.0 Å². The summed E-state index contributed by atoms with van der Waals surface area (Å²) < 4.78 is 39.0. The molecule has 2 rings (SSSR count). The van der Waals surface area contributed by atoms with Gasteiger partial charge in [-0.05, 0) is 12.1 Å². The molecule has 0 amide bonds. The average Bonchev–Trinajstić information content (AvgIpc) is 2.24. The van der Waals surface area contributed by atoms with E-state index in [4.69, 9.17) is 5.73 Å². The van der Waals surface area contributed by atoms with E-state index in [1.807, 2.05) is 0 Å². The molecule has 1 aromatic heterocycles. The Balaban J connectivity index is 2.69. The summed E-state index contributed by atoms with van der Waals surface area (Å²) in [6.07, 6.45) is 0. The molecule has 1 heterocycles. The number of nitrogens with one attached hydrogen (secondary N) is 1. The molecule has 1 aromatic carbocycles. The number of halogens is 3. The quantitative estimate of drug-likeness (QED) is 0.725. The van der Waals surface area contributed by atoms with Crippen LogP contribution in [0.15, 0.2) is 16.9 Å². The molecular formula is C9H5F3N4O. The second-order valence-corrected chi connectivity index (χ2v) is 3.08. The van der Waals surface area contributed by atoms with Gasteiger partial charge in [-0.3, -0.25) is 4.98 Å². The predicted molar refractivity (Wildman–Crippen MR) is 52.4 cm³/mol. The van der Waals surface area contributed by atoms with E-state index in [0.717, 1.165) is 6.07 Å². The Hall–Kier alpha value is -2.38. The summed E-state index contributed by atoms with van der Waals surface area (Å²) in [5.74, 6) is -5.17. The van der Waals surface area contributed by atoms with Crippen molar-refractivity contribution in [2.45, 2.75) is 0 Å². The van der Waals surface area contributed by atoms with Crippen LogP contribution in [0.4, 0.5) is 19.1 Å². The fraction of sp³-hybridized carbons (Fsp3) is 0. The number of anilines is 1. The number of aromatic nitrogens is 3. The molecule has 0 saturated carbocycles. The third-order valence-corrected chi connectivity index (χ3v) is 1.96. The van der Waals surface area contributed by atoms with E-state index in [0.29, 0.717) is 6.07 Å². The predicted octanol–water partition coefficient (Wildman–Crippen LogP) is 0.831. The van der Waals surface area contributed by atoms with Gasteiger partial charge in [-0.1, -0.05) is 0 Å². The SMILES string of the molecule is Nc1nc(-c2ccc(F)c(F)c2F)[nH]c(=O)n1. The largest absolute Gasteiger partial charge is 0.368 e. The standard InChI is InChI=1S/C9H5F3N4O/c10-4-2-1-3(5(11)6(4)12)7-14-8(13)16-9(17)15-7/h1-2H,(H3,13,14,15,16,17). The van der Waals surface area contributed by atoms with Crippen LogP contribution in [0.3, 0.4) is 0 Å². The molecule has 0 aliphatic rings. The number of rotatable bonds is 1. The minimum absolute atomic E-state index is 0.320. The van der Waals surface area contributed by atoms with Crippen LogP contribution in [0, 0.1) is 17.5 Å². The number of nitrogens with two attached hydrogens (primary N) is 1. The van der Waals surface area contributed by atoms with Crippen LogP contribution in [0.25, 0.3) is 11.4 Å². The van der Waals surface area contributed by atoms with Gasteiger partial charge in [0.15, 0.2) is 17.5 Å². The van der Waals surface area contributed by atoms with Crippen molar-refractivity contribution in [2.24, 2.45) is 0 Å². The van der Waals surface area contributed by atoms with Gasteiger partial charge < -0.3 is 5.73 Å². The highest BCUT2D eigenvalue weighted by molar-refractivity contribution is 5.56. The van der Waals surface area contributed by atoms with Gasteiger partial charge in [-0.2, -0.15) is 9.97 Å². The summed E-state index contributed by atoms with van der Waals surface area (Å²) in [4.78, 5) is 19.7. The first kappa shape index (κ1) is 11.1. The van der Waals surface area contributed by atoms with Gasteiger partial charge in [0.05, 0.1) is 5.56 Å². The molecule has 0 unspecified atom stereocenters. The molecule has 0 bridgehead atoms. The van der Waals surface area contributed by atoms with Gasteiger partial charge in [0.1, 0.15) is 5.82 Å². The van der Waals surface area contributed by atoms with Crippen molar-refractivity contribution in [1.29, 1.82) is 0 Å². The molecule has 0 saturated heterocycles. The van der Waals surface area contributed by atoms with E-state index >= 15 is 0 Å². The number of nitrogens with zero attached hydrogens (tertiary/aromatic N) is 2. The van der Waals surface area contributed by atoms with Gasteiger partial charge in [0, 0.05) is 0 Å². The van der Waals surface area contributed by atoms with Crippen molar-refractivity contribution in [1.82, 2.24) is 15.0 Å². The highest BCUT2D eigenvalue weighted by atomic mass is 19.2. The van der Waals surface area contributed by atoms with E-state index in [2.05, 4.69) is 15.0 Å². The van der Waals surface area contributed by atoms with Gasteiger partial charge in [-0.15, -0.1) is 0 Å². The number of hydrogen-bond donors (Lipinski definition) is 2. The molecule has 3 N–H and O–H groups in total. The van der Waals surface area contributed by atoms with Crippen LogP contribution in [-0.4, -0.2) is 15.0 Å². The summed E-state index contributed by atoms with van der Waals surface area (Å²) in [5, 5.41) is 0. The Morgan fingerprint density at radius 1 is 1.12 bits per heavy atom. The molecular weight excluding hydrogens is 237 g/mol. The smallest absolute Gasteiger partial charge is 0.349 e. The molecule has 0 radical (unpaired) electrons. The zero-order valence-corrected chi connectivity index (χ0v) is 8.17. The van der Waals surface area contributed by atoms with Crippen molar-refractivity contribution in [3.8, 4) is 11.4 Å². The third-order valence-electron chi connectivity index (χ3n) is 1.96. The van der Waals surface area contributed by atoms with Crippen LogP contribution >= 0.6 is 0 Å². The summed E-state index contributed by atoms with van der Waals surface area (Å²) in [6, 6.07) is 1.65. The highest BCUT2D eigenvalue weighted by Crippen LogP contribution is 2.22. The second-order valence-electron chi connectivity index (χ2n) is 3.08. The van der Waals surface area contributed by atoms with E-state index in [1.165, 1.54) is 0 Å². The van der Waals surface area contributed by atoms with Crippen LogP contribution in [0.1, 0.15) is 0 Å². The van der Waals surface area contributed by atoms with Crippen molar-refractivity contribution in [3.05, 3.63) is 40.1 Å². The molecule has 0 aliphatic heterocycles. The first-order valence-electron chi connectivity index (χ1n) is 4.36. The Morgan fingerprint density at radius 2 is 1.82 bits per heavy atom. The Bertz CT molecular complexity index is 641. The molecule has 88 valence electrons. The Kier molecular flexibility index (Phi) is 2.54. The zero-order valence-electron chi connectivity index (χ0n) is 8.17. The summed E-state index contributed by atoms with van der Waals surface area (Å²) in [5.41, 5.74) is 3.91. The number of benzene rings is 1. The van der Waals surface area contributed by atoms with E-state index in [9.17, 15) is 18.0 Å². The fourth-order valence-corrected chi connectivity index (χ4v) is 1.24. The first-order valence-corrected chi connectivity index (χ1v) is 4.36. The molecule has 5 nitrogen and oxygen atoms in total. The second kappa shape index (κ2) is 3.89. The van der Waals surface area contributed by atoms with Gasteiger partial charge >= 0.3 is 5.69 Å². The number of aromatic amines is 1. The lowest BCUT2D eigenvalue weighted by Gasteiger charge is -2.03. The van der Waals surface area contributed by atoms with Gasteiger partial charge in [0.25, 0.3) is 0 Å². The lowest BCUT2D eigenvalue weighted by molar-refractivity contribution is 0.448. The molecule has 17 heavy (non-hydrogen) atoms. The lowest BCUT2D eigenvalue weighted by Crippen LogP contribution is -2.16. The molecule has 0 spiro atoms. The van der Waals surface area contributed by atoms with Crippen LogP contribution < -0.4 is 11.4 Å². The maximum absolute atomic E-state index is 13.4. The van der Waals surface area contributed by atoms with E-state index in [1.54, 1.807) is 0 Å². The summed E-state index contributed by atoms with van der Waals surface area (Å²) in [6.45, 7) is 0. The van der Waals surface area contributed by atoms with Crippen molar-refractivity contribution >= 4 is 5.95 Å². The van der Waals surface area contributed by atoms with Crippen LogP contribution in [0.2, 0.25) is 0 Å². The van der Waals surface area contributed by atoms with Crippen LogP contribution in [0.5, 0.6) is 0 Å². The number of H-pyrrole nitrogens is 1. The fourth-order valence-electron chi connectivity index (χ4n) is 1.24. The molecule has 8 heteroatoms. The van der Waals surface area contributed by atoms with Crippen molar-refractivity contribution in [3.63, 3.8) is 0 Å². The van der Waals surface area contributed by atoms with Gasteiger partial charge in [0.2, 0.25) is 5.95 Å². The Labute approximate surface area is 92.1 Å². The zero-order chi connectivity index (χ0) is 12.6. The Morgan fingerprint density at radius 3 is 2.47 bits per heavy atom. The van der Waals surface area contributed by atoms with Crippen molar-refractivity contribution in [2.75, 3.05) is 5.73 Å². The van der Waals surface area contributed by atoms with E-state index in [-0.39, 0.29) is 5.82 Å². The monoisotopic (exact) mass is 242 g/mol. The third kappa shape index (κ3) is 1.96. The summed E-state index contributed by atoms with van der Waals surface area (Å²) >= 11 is 0. The topological polar surface area (TPSA) is 84.7 Å². The molecule has 0 fully saturated rings. The maximum Gasteiger partial charge on any atom is 0.349 e. The normalized spacial score (nSPS) is 10.5. The minimum atomic E-state index is -1.65. The van der Waals surface area contributed by atoms with Crippen LogP contribution in [-0.2, 0) is 0 Å². The van der Waals surface area contributed by atoms with Crippen molar-refractivity contribution < 1.29 is 13.2 Å². The molecule has 2 aromatic rings. The lowest BCUT2D eigenvalue weighted by atomic mass is 10.2. The number of nitrogen functional groups attached to an aromatic ring is 1. The summed E-state index contributed by atoms with van der Waals surface area (Å²) in [7, 11) is 0. The molecule has 0 atom stereocenters.